The number of aliphatic hydroxyl groups excluding tert-OH is 3. The van der Waals surface area contributed by atoms with Gasteiger partial charge in [0, 0.05) is 6.42 Å². The van der Waals surface area contributed by atoms with E-state index in [2.05, 4.69) is 15.0 Å². The van der Waals surface area contributed by atoms with Crippen LogP contribution in [0.2, 0.25) is 0 Å². The van der Waals surface area contributed by atoms with Gasteiger partial charge in [-0.05, 0) is 0 Å². The Morgan fingerprint density at radius 2 is 2.10 bits per heavy atom. The average Bonchev–Trinajstić information content (AvgIpc) is 2.99. The Morgan fingerprint density at radius 1 is 1.33 bits per heavy atom. The molecule has 1 aliphatic rings. The van der Waals surface area contributed by atoms with Crippen LogP contribution in [0.15, 0.2) is 6.33 Å². The third-order valence-electron chi connectivity index (χ3n) is 3.67. The predicted molar refractivity (Wildman–Crippen MR) is 72.1 cm³/mol. The molecule has 9 heteroatoms. The van der Waals surface area contributed by atoms with E-state index in [-0.39, 0.29) is 12.4 Å². The first-order valence-corrected chi connectivity index (χ1v) is 6.68. The molecule has 0 aromatic carbocycles. The molecule has 1 fully saturated rings. The van der Waals surface area contributed by atoms with Crippen molar-refractivity contribution >= 4 is 17.0 Å². The fourth-order valence-corrected chi connectivity index (χ4v) is 2.58. The summed E-state index contributed by atoms with van der Waals surface area (Å²) in [7, 11) is 0. The van der Waals surface area contributed by atoms with Gasteiger partial charge in [-0.25, -0.2) is 15.0 Å². The van der Waals surface area contributed by atoms with Gasteiger partial charge in [0.15, 0.2) is 23.2 Å². The first-order valence-electron chi connectivity index (χ1n) is 6.68. The van der Waals surface area contributed by atoms with Gasteiger partial charge in [0.2, 0.25) is 0 Å². The second-order valence-electron chi connectivity index (χ2n) is 4.91. The molecule has 0 aliphatic carbocycles. The molecule has 0 radical (unpaired) electrons. The van der Waals surface area contributed by atoms with Crippen molar-refractivity contribution in [3.05, 3.63) is 12.2 Å². The summed E-state index contributed by atoms with van der Waals surface area (Å²) >= 11 is 0. The quantitative estimate of drug-likeness (QED) is 0.541. The summed E-state index contributed by atoms with van der Waals surface area (Å²) in [5, 5.41) is 29.2. The summed E-state index contributed by atoms with van der Waals surface area (Å²) < 4.78 is 7.14. The highest BCUT2D eigenvalue weighted by atomic mass is 16.6. The summed E-state index contributed by atoms with van der Waals surface area (Å²) in [6.45, 7) is 1.50. The number of nitrogen functional groups attached to an aromatic ring is 1. The van der Waals surface area contributed by atoms with Crippen LogP contribution in [0.1, 0.15) is 19.0 Å². The fraction of sp³-hybridized carbons (Fsp3) is 0.583. The number of aromatic nitrogens is 4. The van der Waals surface area contributed by atoms with E-state index in [9.17, 15) is 15.3 Å². The van der Waals surface area contributed by atoms with Crippen molar-refractivity contribution in [2.45, 2.75) is 37.9 Å². The lowest BCUT2D eigenvalue weighted by molar-refractivity contribution is -0.0522. The van der Waals surface area contributed by atoms with E-state index in [4.69, 9.17) is 10.5 Å². The third-order valence-corrected chi connectivity index (χ3v) is 3.67. The predicted octanol–water partition coefficient (Wildman–Crippen LogP) is -1.42. The number of nitrogens with two attached hydrogens (primary N) is 1. The van der Waals surface area contributed by atoms with Crippen LogP contribution in [0.4, 0.5) is 5.82 Å². The fourth-order valence-electron chi connectivity index (χ4n) is 2.58. The zero-order valence-corrected chi connectivity index (χ0v) is 11.4. The molecule has 0 unspecified atom stereocenters. The molecule has 2 aromatic rings. The Hall–Kier alpha value is -1.81. The van der Waals surface area contributed by atoms with Crippen LogP contribution < -0.4 is 5.73 Å². The maximum absolute atomic E-state index is 10.2. The number of anilines is 1. The minimum absolute atomic E-state index is 0.236. The van der Waals surface area contributed by atoms with E-state index in [1.54, 1.807) is 4.57 Å². The number of rotatable bonds is 3. The molecule has 3 rings (SSSR count). The van der Waals surface area contributed by atoms with Crippen molar-refractivity contribution in [3.8, 4) is 0 Å². The number of hydrogen-bond acceptors (Lipinski definition) is 8. The monoisotopic (exact) mass is 295 g/mol. The van der Waals surface area contributed by atoms with Gasteiger partial charge in [-0.2, -0.15) is 0 Å². The zero-order chi connectivity index (χ0) is 15.1. The second-order valence-corrected chi connectivity index (χ2v) is 4.91. The summed E-state index contributed by atoms with van der Waals surface area (Å²) in [4.78, 5) is 12.4. The SMILES string of the molecule is CCc1nc2c(N)ncnc2n1[C@@H]1O[C@H](CO)[C@@H](O)[C@H]1O. The number of ether oxygens (including phenoxy) is 1. The number of fused-ring (bicyclic) bond motifs is 1. The largest absolute Gasteiger partial charge is 0.394 e. The van der Waals surface area contributed by atoms with Gasteiger partial charge in [0.25, 0.3) is 0 Å². The van der Waals surface area contributed by atoms with Crippen molar-refractivity contribution in [2.75, 3.05) is 12.3 Å². The number of aliphatic hydroxyl groups is 3. The molecule has 1 aliphatic heterocycles. The van der Waals surface area contributed by atoms with Crippen LogP contribution in [0, 0.1) is 0 Å². The van der Waals surface area contributed by atoms with E-state index < -0.39 is 24.5 Å². The second kappa shape index (κ2) is 5.19. The van der Waals surface area contributed by atoms with Gasteiger partial charge < -0.3 is 25.8 Å². The molecule has 2 aromatic heterocycles. The van der Waals surface area contributed by atoms with Gasteiger partial charge in [0.05, 0.1) is 6.61 Å². The van der Waals surface area contributed by atoms with Crippen LogP contribution in [0.3, 0.4) is 0 Å². The Kier molecular flexibility index (Phi) is 3.49. The molecule has 9 nitrogen and oxygen atoms in total. The number of imidazole rings is 1. The number of nitrogens with zero attached hydrogens (tertiary/aromatic N) is 4. The molecule has 5 N–H and O–H groups in total. The standard InChI is InChI=1S/C12H17N5O4/c1-2-6-16-7-10(13)14-4-15-11(7)17(6)12-9(20)8(19)5(3-18)21-12/h4-5,8-9,12,18-20H,2-3H2,1H3,(H2,13,14,15)/t5-,8-,9-,12-/m1/s1. The van der Waals surface area contributed by atoms with Crippen molar-refractivity contribution in [1.82, 2.24) is 19.5 Å². The Morgan fingerprint density at radius 3 is 2.71 bits per heavy atom. The molecule has 0 saturated carbocycles. The van der Waals surface area contributed by atoms with E-state index in [0.29, 0.717) is 23.4 Å². The van der Waals surface area contributed by atoms with Crippen LogP contribution in [-0.4, -0.2) is 59.8 Å². The van der Waals surface area contributed by atoms with Crippen LogP contribution >= 0.6 is 0 Å². The molecular formula is C12H17N5O4. The highest BCUT2D eigenvalue weighted by molar-refractivity contribution is 5.81. The summed E-state index contributed by atoms with van der Waals surface area (Å²) in [5.74, 6) is 0.840. The van der Waals surface area contributed by atoms with Gasteiger partial charge in [-0.1, -0.05) is 6.92 Å². The first-order chi connectivity index (χ1) is 10.1. The molecular weight excluding hydrogens is 278 g/mol. The minimum atomic E-state index is -1.19. The molecule has 3 heterocycles. The molecule has 0 bridgehead atoms. The van der Waals surface area contributed by atoms with E-state index in [0.717, 1.165) is 0 Å². The van der Waals surface area contributed by atoms with Crippen molar-refractivity contribution in [3.63, 3.8) is 0 Å². The normalized spacial score (nSPS) is 29.3. The lowest BCUT2D eigenvalue weighted by atomic mass is 10.1. The zero-order valence-electron chi connectivity index (χ0n) is 11.4. The van der Waals surface area contributed by atoms with Gasteiger partial charge in [0.1, 0.15) is 30.5 Å². The lowest BCUT2D eigenvalue weighted by Gasteiger charge is -2.18. The van der Waals surface area contributed by atoms with Crippen LogP contribution in [0.5, 0.6) is 0 Å². The molecule has 4 atom stereocenters. The summed E-state index contributed by atoms with van der Waals surface area (Å²) in [6, 6.07) is 0. The van der Waals surface area contributed by atoms with E-state index >= 15 is 0 Å². The molecule has 21 heavy (non-hydrogen) atoms. The van der Waals surface area contributed by atoms with E-state index in [1.165, 1.54) is 6.33 Å². The lowest BCUT2D eigenvalue weighted by Crippen LogP contribution is -2.33. The Bertz CT molecular complexity index is 660. The van der Waals surface area contributed by atoms with Crippen molar-refractivity contribution in [1.29, 1.82) is 0 Å². The minimum Gasteiger partial charge on any atom is -0.394 e. The summed E-state index contributed by atoms with van der Waals surface area (Å²) in [6.07, 6.45) is -2.25. The topological polar surface area (TPSA) is 140 Å². The van der Waals surface area contributed by atoms with Gasteiger partial charge in [-0.3, -0.25) is 4.57 Å². The first kappa shape index (κ1) is 14.1. The molecule has 1 saturated heterocycles. The van der Waals surface area contributed by atoms with Gasteiger partial charge >= 0.3 is 0 Å². The maximum Gasteiger partial charge on any atom is 0.167 e. The average molecular weight is 295 g/mol. The highest BCUT2D eigenvalue weighted by Crippen LogP contribution is 2.33. The summed E-state index contributed by atoms with van der Waals surface area (Å²) in [5.41, 5.74) is 6.64. The van der Waals surface area contributed by atoms with E-state index in [1.807, 2.05) is 6.92 Å². The van der Waals surface area contributed by atoms with Gasteiger partial charge in [-0.15, -0.1) is 0 Å². The third kappa shape index (κ3) is 2.05. The number of aryl methyl sites for hydroxylation is 1. The highest BCUT2D eigenvalue weighted by Gasteiger charge is 2.44. The molecule has 0 spiro atoms. The van der Waals surface area contributed by atoms with Crippen molar-refractivity contribution in [2.24, 2.45) is 0 Å². The number of hydrogen-bond donors (Lipinski definition) is 4. The Labute approximate surface area is 120 Å². The van der Waals surface area contributed by atoms with Crippen molar-refractivity contribution < 1.29 is 20.1 Å². The van der Waals surface area contributed by atoms with Crippen LogP contribution in [0.25, 0.3) is 11.2 Å². The molecule has 114 valence electrons. The maximum atomic E-state index is 10.2. The van der Waals surface area contributed by atoms with Crippen LogP contribution in [-0.2, 0) is 11.2 Å². The molecule has 0 amide bonds. The smallest absolute Gasteiger partial charge is 0.167 e. The Balaban J connectivity index is 2.14.